The number of amides is 1. The molecule has 0 unspecified atom stereocenters. The molecule has 0 bridgehead atoms. The topological polar surface area (TPSA) is 50.7 Å². The summed E-state index contributed by atoms with van der Waals surface area (Å²) in [5, 5.41) is 4.85. The molecular weight excluding hydrogens is 615 g/mol. The van der Waals surface area contributed by atoms with Gasteiger partial charge >= 0.3 is 0 Å². The summed E-state index contributed by atoms with van der Waals surface area (Å²) in [5.41, 5.74) is 4.48. The highest BCUT2D eigenvalue weighted by Gasteiger charge is 2.24. The van der Waals surface area contributed by atoms with Crippen molar-refractivity contribution in [3.8, 4) is 5.75 Å². The first kappa shape index (κ1) is 27.9. The van der Waals surface area contributed by atoms with Crippen molar-refractivity contribution >= 4 is 73.3 Å². The smallest absolute Gasteiger partial charge is 0.259 e. The molecule has 0 saturated carbocycles. The molecule has 0 fully saturated rings. The summed E-state index contributed by atoms with van der Waals surface area (Å²) in [7, 11) is 0. The number of ether oxygens (including phenoxy) is 1. The Morgan fingerprint density at radius 3 is 2.54 bits per heavy atom. The van der Waals surface area contributed by atoms with E-state index in [0.717, 1.165) is 57.5 Å². The number of carbonyl (C=O) groups is 1. The third-order valence-electron chi connectivity index (χ3n) is 6.58. The van der Waals surface area contributed by atoms with Crippen LogP contribution >= 0.6 is 50.5 Å². The zero-order valence-corrected chi connectivity index (χ0v) is 25.1. The number of para-hydroxylation sites is 1. The van der Waals surface area contributed by atoms with Crippen LogP contribution in [-0.2, 0) is 19.4 Å². The standard InChI is InChI=1S/C31H27BrCl2N2O2S/c32-24-16-20(13-15-27(24)38-19-21-12-14-25(33)26(34)17-21)18-35-31-29(30(37)36-22-8-4-3-5-9-22)23-10-6-1-2-7-11-28(23)39-31/h3-5,8-9,12-18H,1-2,6-7,10-11,19H2,(H,36,37). The van der Waals surface area contributed by atoms with Gasteiger partial charge in [-0.25, -0.2) is 4.99 Å². The second-order valence-corrected chi connectivity index (χ2v) is 12.2. The van der Waals surface area contributed by atoms with Gasteiger partial charge in [-0.3, -0.25) is 4.79 Å². The predicted molar refractivity (Wildman–Crippen MR) is 167 cm³/mol. The largest absolute Gasteiger partial charge is 0.488 e. The van der Waals surface area contributed by atoms with Gasteiger partial charge in [-0.05, 0) is 101 Å². The number of thiophene rings is 1. The van der Waals surface area contributed by atoms with E-state index in [1.54, 1.807) is 23.5 Å². The van der Waals surface area contributed by atoms with Crippen molar-refractivity contribution in [3.63, 3.8) is 0 Å². The van der Waals surface area contributed by atoms with Crippen molar-refractivity contribution in [1.29, 1.82) is 0 Å². The molecular formula is C31H27BrCl2N2O2S. The van der Waals surface area contributed by atoms with Crippen LogP contribution in [0.1, 0.15) is 57.6 Å². The predicted octanol–water partition coefficient (Wildman–Crippen LogP) is 10.1. The number of aryl methyl sites for hydroxylation is 1. The minimum Gasteiger partial charge on any atom is -0.488 e. The number of hydrogen-bond acceptors (Lipinski definition) is 4. The highest BCUT2D eigenvalue weighted by Crippen LogP contribution is 2.39. The number of rotatable bonds is 7. The Labute approximate surface area is 251 Å². The fourth-order valence-electron chi connectivity index (χ4n) is 4.58. The van der Waals surface area contributed by atoms with Gasteiger partial charge < -0.3 is 10.1 Å². The van der Waals surface area contributed by atoms with Crippen LogP contribution in [-0.4, -0.2) is 12.1 Å². The lowest BCUT2D eigenvalue weighted by Crippen LogP contribution is -2.14. The maximum atomic E-state index is 13.5. The normalized spacial score (nSPS) is 13.5. The SMILES string of the molecule is O=C(Nc1ccccc1)c1c(N=Cc2ccc(OCc3ccc(Cl)c(Cl)c3)c(Br)c2)sc2c1CCCCCC2. The third-order valence-corrected chi connectivity index (χ3v) is 9.14. The van der Waals surface area contributed by atoms with Crippen LogP contribution in [0.25, 0.3) is 0 Å². The zero-order chi connectivity index (χ0) is 27.2. The van der Waals surface area contributed by atoms with E-state index < -0.39 is 0 Å². The van der Waals surface area contributed by atoms with E-state index >= 15 is 0 Å². The van der Waals surface area contributed by atoms with Crippen LogP contribution < -0.4 is 10.1 Å². The molecule has 1 amide bonds. The summed E-state index contributed by atoms with van der Waals surface area (Å²) in [5.74, 6) is 0.610. The van der Waals surface area contributed by atoms with Crippen LogP contribution in [0.4, 0.5) is 10.7 Å². The number of aliphatic imine (C=N–C) groups is 1. The minimum atomic E-state index is -0.0985. The molecule has 0 saturated heterocycles. The van der Waals surface area contributed by atoms with E-state index in [1.165, 1.54) is 17.7 Å². The highest BCUT2D eigenvalue weighted by molar-refractivity contribution is 9.10. The molecule has 4 aromatic rings. The number of anilines is 1. The van der Waals surface area contributed by atoms with Crippen LogP contribution in [0, 0.1) is 0 Å². The number of halogens is 3. The van der Waals surface area contributed by atoms with Gasteiger partial charge in [0.15, 0.2) is 0 Å². The molecule has 5 rings (SSSR count). The van der Waals surface area contributed by atoms with Crippen molar-refractivity contribution in [1.82, 2.24) is 0 Å². The van der Waals surface area contributed by atoms with E-state index in [1.807, 2.05) is 60.8 Å². The molecule has 1 heterocycles. The maximum absolute atomic E-state index is 13.5. The average Bonchev–Trinajstić information content (AvgIpc) is 3.25. The second kappa shape index (κ2) is 13.1. The maximum Gasteiger partial charge on any atom is 0.259 e. The molecule has 0 spiro atoms. The van der Waals surface area contributed by atoms with Crippen molar-refractivity contribution in [3.05, 3.63) is 108 Å². The molecule has 1 aliphatic carbocycles. The molecule has 4 nitrogen and oxygen atoms in total. The molecule has 0 aliphatic heterocycles. The highest BCUT2D eigenvalue weighted by atomic mass is 79.9. The van der Waals surface area contributed by atoms with E-state index in [0.29, 0.717) is 28.0 Å². The van der Waals surface area contributed by atoms with Gasteiger partial charge in [0.05, 0.1) is 20.1 Å². The van der Waals surface area contributed by atoms with E-state index in [2.05, 4.69) is 21.2 Å². The zero-order valence-electron chi connectivity index (χ0n) is 21.2. The van der Waals surface area contributed by atoms with E-state index in [4.69, 9.17) is 32.9 Å². The van der Waals surface area contributed by atoms with Gasteiger partial charge in [-0.2, -0.15) is 0 Å². The summed E-state index contributed by atoms with van der Waals surface area (Å²) in [6, 6.07) is 20.8. The quantitative estimate of drug-likeness (QED) is 0.204. The van der Waals surface area contributed by atoms with E-state index in [-0.39, 0.29) is 5.91 Å². The Kier molecular flexibility index (Phi) is 9.40. The lowest BCUT2D eigenvalue weighted by Gasteiger charge is -2.12. The first-order valence-corrected chi connectivity index (χ1v) is 15.3. The summed E-state index contributed by atoms with van der Waals surface area (Å²) in [6.45, 7) is 0.365. The summed E-state index contributed by atoms with van der Waals surface area (Å²) in [6.07, 6.45) is 8.39. The Bertz CT molecular complexity index is 1500. The summed E-state index contributed by atoms with van der Waals surface area (Å²) in [4.78, 5) is 19.6. The van der Waals surface area contributed by atoms with Gasteiger partial charge in [0, 0.05) is 16.8 Å². The summed E-state index contributed by atoms with van der Waals surface area (Å²) >= 11 is 17.4. The van der Waals surface area contributed by atoms with Crippen molar-refractivity contribution < 1.29 is 9.53 Å². The van der Waals surface area contributed by atoms with Gasteiger partial charge in [0.2, 0.25) is 0 Å². The molecule has 1 N–H and O–H groups in total. The molecule has 3 aromatic carbocycles. The molecule has 0 atom stereocenters. The Morgan fingerprint density at radius 2 is 1.77 bits per heavy atom. The van der Waals surface area contributed by atoms with Crippen molar-refractivity contribution in [2.75, 3.05) is 5.32 Å². The Morgan fingerprint density at radius 1 is 0.974 bits per heavy atom. The molecule has 8 heteroatoms. The van der Waals surface area contributed by atoms with E-state index in [9.17, 15) is 4.79 Å². The van der Waals surface area contributed by atoms with Crippen LogP contribution in [0.3, 0.4) is 0 Å². The third kappa shape index (κ3) is 7.12. The Hall–Kier alpha value is -2.64. The number of fused-ring (bicyclic) bond motifs is 1. The van der Waals surface area contributed by atoms with Crippen LogP contribution in [0.15, 0.2) is 76.2 Å². The molecule has 1 aliphatic rings. The number of nitrogens with one attached hydrogen (secondary N) is 1. The minimum absolute atomic E-state index is 0.0985. The monoisotopic (exact) mass is 640 g/mol. The molecule has 39 heavy (non-hydrogen) atoms. The number of nitrogens with zero attached hydrogens (tertiary/aromatic N) is 1. The van der Waals surface area contributed by atoms with Crippen LogP contribution in [0.2, 0.25) is 10.0 Å². The van der Waals surface area contributed by atoms with Crippen molar-refractivity contribution in [2.24, 2.45) is 4.99 Å². The number of benzene rings is 3. The molecule has 200 valence electrons. The lowest BCUT2D eigenvalue weighted by atomic mass is 9.96. The lowest BCUT2D eigenvalue weighted by molar-refractivity contribution is 0.102. The van der Waals surface area contributed by atoms with Gasteiger partial charge in [-0.15, -0.1) is 11.3 Å². The van der Waals surface area contributed by atoms with Gasteiger partial charge in [0.1, 0.15) is 17.4 Å². The summed E-state index contributed by atoms with van der Waals surface area (Å²) < 4.78 is 6.79. The average molecular weight is 642 g/mol. The van der Waals surface area contributed by atoms with Gasteiger partial charge in [-0.1, -0.05) is 60.3 Å². The number of carbonyl (C=O) groups excluding carboxylic acids is 1. The second-order valence-electron chi connectivity index (χ2n) is 9.40. The first-order chi connectivity index (χ1) is 19.0. The first-order valence-electron chi connectivity index (χ1n) is 12.9. The number of hydrogen-bond donors (Lipinski definition) is 1. The molecule has 1 aromatic heterocycles. The van der Waals surface area contributed by atoms with Crippen LogP contribution in [0.5, 0.6) is 5.75 Å². The van der Waals surface area contributed by atoms with Gasteiger partial charge in [0.25, 0.3) is 5.91 Å². The Balaban J connectivity index is 1.37. The fourth-order valence-corrected chi connectivity index (χ4v) is 6.65. The molecule has 0 radical (unpaired) electrons. The fraction of sp³-hybridized carbons (Fsp3) is 0.226. The van der Waals surface area contributed by atoms with Crippen molar-refractivity contribution in [2.45, 2.75) is 45.1 Å².